The Morgan fingerprint density at radius 2 is 1.43 bits per heavy atom. The predicted octanol–water partition coefficient (Wildman–Crippen LogP) is 2.49. The van der Waals surface area contributed by atoms with Gasteiger partial charge in [-0.15, -0.1) is 0 Å². The van der Waals surface area contributed by atoms with Crippen LogP contribution in [0.15, 0.2) is 60.7 Å². The Bertz CT molecular complexity index is 999. The molecule has 3 amide bonds. The highest BCUT2D eigenvalue weighted by atomic mass is 16.5. The molecule has 9 heteroatoms. The van der Waals surface area contributed by atoms with E-state index in [1.807, 2.05) is 60.7 Å². The van der Waals surface area contributed by atoms with Gasteiger partial charge in [0.15, 0.2) is 0 Å². The number of methoxy groups -OCH3 is 1. The monoisotopic (exact) mass is 483 g/mol. The van der Waals surface area contributed by atoms with Crippen LogP contribution in [0, 0.1) is 0 Å². The second-order valence-corrected chi connectivity index (χ2v) is 8.23. The average molecular weight is 484 g/mol. The quantitative estimate of drug-likeness (QED) is 0.422. The Morgan fingerprint density at radius 3 is 1.97 bits per heavy atom. The van der Waals surface area contributed by atoms with Gasteiger partial charge in [0.1, 0.15) is 24.2 Å². The van der Waals surface area contributed by atoms with Crippen LogP contribution in [0.1, 0.15) is 38.3 Å². The van der Waals surface area contributed by atoms with E-state index in [-0.39, 0.29) is 19.4 Å². The van der Waals surface area contributed by atoms with Crippen LogP contribution in [-0.2, 0) is 36.9 Å². The lowest BCUT2D eigenvalue weighted by molar-refractivity contribution is -0.144. The van der Waals surface area contributed by atoms with Crippen LogP contribution >= 0.6 is 0 Å². The smallest absolute Gasteiger partial charge is 0.408 e. The summed E-state index contributed by atoms with van der Waals surface area (Å²) in [5.74, 6) is -1.71. The van der Waals surface area contributed by atoms with Crippen molar-refractivity contribution in [3.8, 4) is 0 Å². The molecule has 0 saturated heterocycles. The van der Waals surface area contributed by atoms with Crippen LogP contribution in [0.5, 0.6) is 0 Å². The van der Waals surface area contributed by atoms with Gasteiger partial charge in [0.25, 0.3) is 0 Å². The van der Waals surface area contributed by atoms with Gasteiger partial charge in [-0.1, -0.05) is 67.6 Å². The second kappa shape index (κ2) is 13.1. The fourth-order valence-electron chi connectivity index (χ4n) is 3.43. The third-order valence-corrected chi connectivity index (χ3v) is 5.60. The topological polar surface area (TPSA) is 123 Å². The molecule has 3 atom stereocenters. The lowest BCUT2D eigenvalue weighted by Crippen LogP contribution is -2.62. The van der Waals surface area contributed by atoms with Crippen molar-refractivity contribution < 1.29 is 28.7 Å². The highest BCUT2D eigenvalue weighted by molar-refractivity contribution is 5.95. The molecule has 0 heterocycles. The molecule has 0 radical (unpaired) electrons. The van der Waals surface area contributed by atoms with Crippen LogP contribution in [0.4, 0.5) is 4.79 Å². The van der Waals surface area contributed by atoms with Crippen molar-refractivity contribution in [2.75, 3.05) is 7.11 Å². The molecule has 0 aliphatic carbocycles. The van der Waals surface area contributed by atoms with Crippen molar-refractivity contribution in [2.45, 2.75) is 57.8 Å². The lowest BCUT2D eigenvalue weighted by atomic mass is 9.87. The van der Waals surface area contributed by atoms with E-state index < -0.39 is 41.5 Å². The number of hydrogen-bond donors (Lipinski definition) is 3. The van der Waals surface area contributed by atoms with Gasteiger partial charge >= 0.3 is 12.1 Å². The molecule has 0 spiro atoms. The van der Waals surface area contributed by atoms with E-state index in [2.05, 4.69) is 20.7 Å². The summed E-state index contributed by atoms with van der Waals surface area (Å²) in [7, 11) is 1.22. The van der Waals surface area contributed by atoms with Crippen LogP contribution in [-0.4, -0.2) is 48.6 Å². The summed E-state index contributed by atoms with van der Waals surface area (Å²) < 4.78 is 9.96. The van der Waals surface area contributed by atoms with Crippen molar-refractivity contribution in [1.29, 1.82) is 0 Å². The number of esters is 1. The number of carbonyl (C=O) groups is 4. The third kappa shape index (κ3) is 8.13. The van der Waals surface area contributed by atoms with Gasteiger partial charge in [0, 0.05) is 6.42 Å². The molecule has 188 valence electrons. The average Bonchev–Trinajstić information content (AvgIpc) is 2.87. The van der Waals surface area contributed by atoms with Crippen molar-refractivity contribution in [3.63, 3.8) is 0 Å². The maximum atomic E-state index is 13.4. The predicted molar refractivity (Wildman–Crippen MR) is 130 cm³/mol. The molecule has 2 aromatic carbocycles. The third-order valence-electron chi connectivity index (χ3n) is 5.60. The van der Waals surface area contributed by atoms with Crippen molar-refractivity contribution in [2.24, 2.45) is 0 Å². The molecule has 2 aromatic rings. The fourth-order valence-corrected chi connectivity index (χ4v) is 3.43. The zero-order valence-corrected chi connectivity index (χ0v) is 20.5. The minimum atomic E-state index is -1.38. The fraction of sp³-hybridized carbons (Fsp3) is 0.385. The van der Waals surface area contributed by atoms with Crippen molar-refractivity contribution >= 4 is 23.9 Å². The molecule has 0 saturated carbocycles. The van der Waals surface area contributed by atoms with Gasteiger partial charge in [0.2, 0.25) is 11.8 Å². The second-order valence-electron chi connectivity index (χ2n) is 8.23. The van der Waals surface area contributed by atoms with E-state index in [4.69, 9.17) is 4.74 Å². The molecule has 35 heavy (non-hydrogen) atoms. The van der Waals surface area contributed by atoms with Gasteiger partial charge in [-0.2, -0.15) is 0 Å². The first kappa shape index (κ1) is 27.4. The number of amides is 3. The standard InChI is InChI=1S/C26H33N3O6/c1-5-26(16-20-12-8-6-9-13-20,29-25(33)35-17-21-14-10-7-11-15-21)24(32)28-18(2)22(30)27-19(3)23(31)34-4/h6-15,18-19H,5,16-17H2,1-4H3,(H,27,30)(H,28,32)(H,29,33)/t18-,19-,26-/m1/s1. The van der Waals surface area contributed by atoms with Gasteiger partial charge < -0.3 is 25.4 Å². The number of ether oxygens (including phenoxy) is 2. The molecule has 9 nitrogen and oxygen atoms in total. The highest BCUT2D eigenvalue weighted by Crippen LogP contribution is 2.19. The first-order valence-electron chi connectivity index (χ1n) is 11.4. The number of benzene rings is 2. The Hall–Kier alpha value is -3.88. The minimum absolute atomic E-state index is 0.0453. The maximum absolute atomic E-state index is 13.4. The van der Waals surface area contributed by atoms with Crippen LogP contribution in [0.2, 0.25) is 0 Å². The summed E-state index contributed by atoms with van der Waals surface area (Å²) in [6, 6.07) is 16.6. The molecule has 0 aromatic heterocycles. The zero-order chi connectivity index (χ0) is 25.8. The van der Waals surface area contributed by atoms with Crippen molar-refractivity contribution in [1.82, 2.24) is 16.0 Å². The molecule has 0 unspecified atom stereocenters. The number of rotatable bonds is 11. The molecular formula is C26H33N3O6. The Labute approximate surface area is 205 Å². The summed E-state index contributed by atoms with van der Waals surface area (Å²) in [5.41, 5.74) is 0.254. The Kier molecular flexibility index (Phi) is 10.3. The van der Waals surface area contributed by atoms with Crippen molar-refractivity contribution in [3.05, 3.63) is 71.8 Å². The number of carbonyl (C=O) groups excluding carboxylic acids is 4. The molecule has 0 fully saturated rings. The van der Waals surface area contributed by atoms with E-state index in [0.717, 1.165) is 11.1 Å². The summed E-state index contributed by atoms with van der Waals surface area (Å²) in [6.07, 6.45) is -0.330. The van der Waals surface area contributed by atoms with E-state index in [9.17, 15) is 19.2 Å². The summed E-state index contributed by atoms with van der Waals surface area (Å²) in [4.78, 5) is 50.3. The molecule has 3 N–H and O–H groups in total. The van der Waals surface area contributed by atoms with E-state index >= 15 is 0 Å². The number of nitrogens with one attached hydrogen (secondary N) is 3. The molecule has 2 rings (SSSR count). The zero-order valence-electron chi connectivity index (χ0n) is 20.5. The normalized spacial score (nSPS) is 13.9. The Balaban J connectivity index is 2.16. The van der Waals surface area contributed by atoms with Gasteiger partial charge in [0.05, 0.1) is 7.11 Å². The molecule has 0 aliphatic heterocycles. The summed E-state index contributed by atoms with van der Waals surface area (Å²) in [5, 5.41) is 7.89. The number of hydrogen-bond acceptors (Lipinski definition) is 6. The van der Waals surface area contributed by atoms with Gasteiger partial charge in [-0.05, 0) is 31.4 Å². The minimum Gasteiger partial charge on any atom is -0.467 e. The van der Waals surface area contributed by atoms with Gasteiger partial charge in [-0.3, -0.25) is 9.59 Å². The SMILES string of the molecule is CC[C@](Cc1ccccc1)(NC(=O)OCc1ccccc1)C(=O)N[C@H](C)C(=O)N[C@H](C)C(=O)OC. The van der Waals surface area contributed by atoms with Gasteiger partial charge in [-0.25, -0.2) is 9.59 Å². The van der Waals surface area contributed by atoms with E-state index in [1.165, 1.54) is 21.0 Å². The largest absolute Gasteiger partial charge is 0.467 e. The first-order valence-corrected chi connectivity index (χ1v) is 11.4. The Morgan fingerprint density at radius 1 is 0.857 bits per heavy atom. The van der Waals surface area contributed by atoms with Crippen LogP contribution < -0.4 is 16.0 Å². The molecule has 0 bridgehead atoms. The maximum Gasteiger partial charge on any atom is 0.408 e. The highest BCUT2D eigenvalue weighted by Gasteiger charge is 2.40. The summed E-state index contributed by atoms with van der Waals surface area (Å²) >= 11 is 0. The molecular weight excluding hydrogens is 450 g/mol. The summed E-state index contributed by atoms with van der Waals surface area (Å²) in [6.45, 7) is 4.79. The van der Waals surface area contributed by atoms with Crippen LogP contribution in [0.25, 0.3) is 0 Å². The molecule has 0 aliphatic rings. The van der Waals surface area contributed by atoms with E-state index in [1.54, 1.807) is 6.92 Å². The van der Waals surface area contributed by atoms with Crippen LogP contribution in [0.3, 0.4) is 0 Å². The first-order chi connectivity index (χ1) is 16.7. The lowest BCUT2D eigenvalue weighted by Gasteiger charge is -2.33. The number of alkyl carbamates (subject to hydrolysis) is 1. The van der Waals surface area contributed by atoms with E-state index in [0.29, 0.717) is 0 Å².